The summed E-state index contributed by atoms with van der Waals surface area (Å²) in [4.78, 5) is 4.34. The zero-order valence-electron chi connectivity index (χ0n) is 15.7. The Morgan fingerprint density at radius 2 is 1.71 bits per heavy atom. The lowest BCUT2D eigenvalue weighted by molar-refractivity contribution is -0.137. The van der Waals surface area contributed by atoms with E-state index in [1.54, 1.807) is 17.0 Å². The average Bonchev–Trinajstić information content (AvgIpc) is 3.15. The van der Waals surface area contributed by atoms with E-state index in [4.69, 9.17) is 0 Å². The first-order valence-electron chi connectivity index (χ1n) is 9.30. The number of imidazole rings is 1. The molecule has 0 fully saturated rings. The maximum absolute atomic E-state index is 13.2. The van der Waals surface area contributed by atoms with E-state index >= 15 is 0 Å². The summed E-state index contributed by atoms with van der Waals surface area (Å²) in [5, 5.41) is 11.6. The largest absolute Gasteiger partial charge is 0.416 e. The molecule has 1 atom stereocenters. The van der Waals surface area contributed by atoms with Gasteiger partial charge in [-0.2, -0.15) is 13.2 Å². The highest BCUT2D eigenvalue weighted by Gasteiger charge is 2.38. The normalized spacial score (nSPS) is 14.0. The van der Waals surface area contributed by atoms with Gasteiger partial charge in [0.2, 0.25) is 0 Å². The molecule has 0 aliphatic carbocycles. The SMILES string of the molecule is CCCCC(O)(c1cccc(C(F)(F)F)c1)c1nccn1Cc1ccccc1. The monoisotopic (exact) mass is 388 g/mol. The number of hydrogen-bond donors (Lipinski definition) is 1. The van der Waals surface area contributed by atoms with Crippen LogP contribution in [0.2, 0.25) is 0 Å². The van der Waals surface area contributed by atoms with Gasteiger partial charge in [0.05, 0.1) is 5.56 Å². The van der Waals surface area contributed by atoms with Gasteiger partial charge in [0.1, 0.15) is 11.4 Å². The van der Waals surface area contributed by atoms with E-state index in [-0.39, 0.29) is 12.0 Å². The summed E-state index contributed by atoms with van der Waals surface area (Å²) in [6, 6.07) is 14.6. The summed E-state index contributed by atoms with van der Waals surface area (Å²) in [6.07, 6.45) is 0.596. The highest BCUT2D eigenvalue weighted by atomic mass is 19.4. The maximum atomic E-state index is 13.2. The number of aromatic nitrogens is 2. The van der Waals surface area contributed by atoms with Crippen molar-refractivity contribution in [2.24, 2.45) is 0 Å². The van der Waals surface area contributed by atoms with Gasteiger partial charge >= 0.3 is 6.18 Å². The first kappa shape index (κ1) is 20.1. The lowest BCUT2D eigenvalue weighted by Crippen LogP contribution is -2.32. The second-order valence-electron chi connectivity index (χ2n) is 6.91. The number of nitrogens with zero attached hydrogens (tertiary/aromatic N) is 2. The van der Waals surface area contributed by atoms with Crippen molar-refractivity contribution in [1.29, 1.82) is 0 Å². The van der Waals surface area contributed by atoms with Crippen molar-refractivity contribution in [2.75, 3.05) is 0 Å². The molecule has 3 aromatic rings. The fourth-order valence-corrected chi connectivity index (χ4v) is 3.35. The molecule has 0 aliphatic heterocycles. The first-order chi connectivity index (χ1) is 13.3. The third-order valence-electron chi connectivity index (χ3n) is 4.84. The van der Waals surface area contributed by atoms with Crippen LogP contribution in [-0.2, 0) is 18.3 Å². The molecule has 28 heavy (non-hydrogen) atoms. The smallest absolute Gasteiger partial charge is 0.377 e. The van der Waals surface area contributed by atoms with E-state index < -0.39 is 17.3 Å². The van der Waals surface area contributed by atoms with Crippen molar-refractivity contribution >= 4 is 0 Å². The molecule has 1 unspecified atom stereocenters. The van der Waals surface area contributed by atoms with Crippen LogP contribution >= 0.6 is 0 Å². The number of unbranched alkanes of at least 4 members (excludes halogenated alkanes) is 1. The van der Waals surface area contributed by atoms with Crippen LogP contribution in [-0.4, -0.2) is 14.7 Å². The molecule has 3 rings (SSSR count). The van der Waals surface area contributed by atoms with Gasteiger partial charge in [-0.25, -0.2) is 4.98 Å². The number of aliphatic hydroxyl groups is 1. The number of halogens is 3. The van der Waals surface area contributed by atoms with Gasteiger partial charge < -0.3 is 9.67 Å². The average molecular weight is 388 g/mol. The van der Waals surface area contributed by atoms with E-state index in [9.17, 15) is 18.3 Å². The van der Waals surface area contributed by atoms with Gasteiger partial charge in [0, 0.05) is 18.9 Å². The summed E-state index contributed by atoms with van der Waals surface area (Å²) in [7, 11) is 0. The molecule has 0 radical (unpaired) electrons. The maximum Gasteiger partial charge on any atom is 0.416 e. The molecule has 0 spiro atoms. The minimum Gasteiger partial charge on any atom is -0.377 e. The van der Waals surface area contributed by atoms with E-state index in [0.29, 0.717) is 18.8 Å². The molecule has 3 nitrogen and oxygen atoms in total. The van der Waals surface area contributed by atoms with Crippen LogP contribution < -0.4 is 0 Å². The minimum atomic E-state index is -4.47. The predicted octanol–water partition coefficient (Wildman–Crippen LogP) is 5.38. The topological polar surface area (TPSA) is 38.1 Å². The number of alkyl halides is 3. The molecule has 148 valence electrons. The van der Waals surface area contributed by atoms with Crippen LogP contribution in [0.3, 0.4) is 0 Å². The van der Waals surface area contributed by atoms with Crippen molar-refractivity contribution < 1.29 is 18.3 Å². The molecular weight excluding hydrogens is 365 g/mol. The molecule has 0 aliphatic rings. The Bertz CT molecular complexity index is 905. The van der Waals surface area contributed by atoms with E-state index in [1.165, 1.54) is 12.1 Å². The summed E-state index contributed by atoms with van der Waals surface area (Å²) in [5.74, 6) is 0.351. The fourth-order valence-electron chi connectivity index (χ4n) is 3.35. The number of rotatable bonds is 7. The Balaban J connectivity index is 2.05. The molecule has 1 heterocycles. The van der Waals surface area contributed by atoms with Gasteiger partial charge in [-0.15, -0.1) is 0 Å². The fraction of sp³-hybridized carbons (Fsp3) is 0.318. The van der Waals surface area contributed by atoms with Crippen LogP contribution in [0, 0.1) is 0 Å². The van der Waals surface area contributed by atoms with Crippen LogP contribution in [0.1, 0.15) is 48.7 Å². The zero-order chi connectivity index (χ0) is 20.2. The molecular formula is C22H23F3N2O. The molecule has 0 saturated carbocycles. The molecule has 6 heteroatoms. The summed E-state index contributed by atoms with van der Waals surface area (Å²) in [5.41, 5.74) is -1.16. The van der Waals surface area contributed by atoms with Crippen molar-refractivity contribution in [3.8, 4) is 0 Å². The Morgan fingerprint density at radius 3 is 2.39 bits per heavy atom. The Kier molecular flexibility index (Phi) is 5.89. The van der Waals surface area contributed by atoms with Gasteiger partial charge in [0.25, 0.3) is 0 Å². The Labute approximate surface area is 162 Å². The number of benzene rings is 2. The predicted molar refractivity (Wildman–Crippen MR) is 102 cm³/mol. The standard InChI is InChI=1S/C22H23F3N2O/c1-2-3-12-21(28,18-10-7-11-19(15-18)22(23,24)25)20-26-13-14-27(20)16-17-8-5-4-6-9-17/h4-11,13-15,28H,2-3,12,16H2,1H3. The third-order valence-corrected chi connectivity index (χ3v) is 4.84. The van der Waals surface area contributed by atoms with Gasteiger partial charge in [-0.1, -0.05) is 62.2 Å². The van der Waals surface area contributed by atoms with Crippen LogP contribution in [0.25, 0.3) is 0 Å². The van der Waals surface area contributed by atoms with Crippen molar-refractivity contribution in [3.63, 3.8) is 0 Å². The molecule has 0 bridgehead atoms. The highest BCUT2D eigenvalue weighted by Crippen LogP contribution is 2.37. The minimum absolute atomic E-state index is 0.205. The Morgan fingerprint density at radius 1 is 1.00 bits per heavy atom. The molecule has 0 amide bonds. The summed E-state index contributed by atoms with van der Waals surface area (Å²) < 4.78 is 41.4. The third kappa shape index (κ3) is 4.28. The molecule has 1 N–H and O–H groups in total. The van der Waals surface area contributed by atoms with Crippen LogP contribution in [0.5, 0.6) is 0 Å². The highest BCUT2D eigenvalue weighted by molar-refractivity contribution is 5.35. The van der Waals surface area contributed by atoms with Crippen LogP contribution in [0.15, 0.2) is 67.0 Å². The van der Waals surface area contributed by atoms with Gasteiger partial charge in [0.15, 0.2) is 0 Å². The molecule has 0 saturated heterocycles. The molecule has 1 aromatic heterocycles. The van der Waals surface area contributed by atoms with E-state index in [0.717, 1.165) is 24.1 Å². The molecule has 2 aromatic carbocycles. The summed E-state index contributed by atoms with van der Waals surface area (Å²) in [6.45, 7) is 2.45. The Hall–Kier alpha value is -2.60. The van der Waals surface area contributed by atoms with Crippen LogP contribution in [0.4, 0.5) is 13.2 Å². The second-order valence-corrected chi connectivity index (χ2v) is 6.91. The number of hydrogen-bond acceptors (Lipinski definition) is 2. The van der Waals surface area contributed by atoms with Crippen molar-refractivity contribution in [1.82, 2.24) is 9.55 Å². The first-order valence-corrected chi connectivity index (χ1v) is 9.30. The van der Waals surface area contributed by atoms with E-state index in [2.05, 4.69) is 4.98 Å². The van der Waals surface area contributed by atoms with Crippen molar-refractivity contribution in [3.05, 3.63) is 89.5 Å². The zero-order valence-corrected chi connectivity index (χ0v) is 15.7. The lowest BCUT2D eigenvalue weighted by Gasteiger charge is -2.29. The van der Waals surface area contributed by atoms with Gasteiger partial charge in [-0.3, -0.25) is 0 Å². The lowest BCUT2D eigenvalue weighted by atomic mass is 9.86. The quantitative estimate of drug-likeness (QED) is 0.590. The van der Waals surface area contributed by atoms with E-state index in [1.807, 2.05) is 37.3 Å². The second kappa shape index (κ2) is 8.19. The van der Waals surface area contributed by atoms with Gasteiger partial charge in [-0.05, 0) is 29.7 Å². The summed E-state index contributed by atoms with van der Waals surface area (Å²) >= 11 is 0. The van der Waals surface area contributed by atoms with Crippen molar-refractivity contribution in [2.45, 2.75) is 44.5 Å².